The number of aromatic nitrogens is 3. The molecular weight excluding hydrogens is 827 g/mol. The van der Waals surface area contributed by atoms with E-state index in [2.05, 4.69) is 225 Å². The third-order valence-electron chi connectivity index (χ3n) is 13.4. The number of fused-ring (bicyclic) bond motifs is 3. The lowest BCUT2D eigenvalue weighted by Gasteiger charge is -2.26. The van der Waals surface area contributed by atoms with Crippen molar-refractivity contribution in [3.8, 4) is 78.6 Å². The molecule has 0 aliphatic heterocycles. The van der Waals surface area contributed by atoms with E-state index in [4.69, 9.17) is 9.97 Å². The van der Waals surface area contributed by atoms with Gasteiger partial charge in [0, 0.05) is 44.9 Å². The molecule has 3 heterocycles. The molecule has 4 heteroatoms. The Kier molecular flexibility index (Phi) is 11.0. The van der Waals surface area contributed by atoms with Crippen molar-refractivity contribution in [1.82, 2.24) is 14.5 Å². The molecule has 0 aliphatic rings. The summed E-state index contributed by atoms with van der Waals surface area (Å²) < 4.78 is 2.39. The number of aromatic hydroxyl groups is 1. The van der Waals surface area contributed by atoms with Crippen molar-refractivity contribution in [2.75, 3.05) is 0 Å². The molecule has 1 N–H and O–H groups in total. The highest BCUT2D eigenvalue weighted by Crippen LogP contribution is 2.42. The van der Waals surface area contributed by atoms with Crippen LogP contribution in [0.4, 0.5) is 0 Å². The Hall–Kier alpha value is -7.56. The summed E-state index contributed by atoms with van der Waals surface area (Å²) in [5.41, 5.74) is 18.7. The third-order valence-corrected chi connectivity index (χ3v) is 13.4. The van der Waals surface area contributed by atoms with Crippen LogP contribution >= 0.6 is 0 Å². The van der Waals surface area contributed by atoms with Gasteiger partial charge in [-0.05, 0) is 134 Å². The Balaban J connectivity index is 1.20. The first kappa shape index (κ1) is 44.3. The lowest BCUT2D eigenvalue weighted by Crippen LogP contribution is -2.16. The van der Waals surface area contributed by atoms with Crippen molar-refractivity contribution >= 4 is 21.8 Å². The van der Waals surface area contributed by atoms with Gasteiger partial charge < -0.3 is 9.67 Å². The Bertz CT molecular complexity index is 3470. The van der Waals surface area contributed by atoms with Crippen molar-refractivity contribution in [1.29, 1.82) is 0 Å². The average Bonchev–Trinajstić information content (AvgIpc) is 3.68. The van der Waals surface area contributed by atoms with Crippen LogP contribution in [0, 0.1) is 0 Å². The number of phenols is 1. The van der Waals surface area contributed by atoms with Gasteiger partial charge in [0.15, 0.2) is 0 Å². The van der Waals surface area contributed by atoms with Gasteiger partial charge in [-0.3, -0.25) is 4.98 Å². The SMILES string of the molecule is CC(C)(C)c1ccc(-c2cc(-c3cc(-c4cccc5c6ccccc6n(-c6ccccc6)c45)ccn3)cc(-c3cc(-c4cc(C(C)(C)C)cc(C(C)(C)C)c4)cc(-c4ccccc4O)n3)c2)cc1. The van der Waals surface area contributed by atoms with Gasteiger partial charge in [-0.25, -0.2) is 4.98 Å². The number of para-hydroxylation sites is 4. The molecule has 4 nitrogen and oxygen atoms in total. The first-order chi connectivity index (χ1) is 32.5. The second-order valence-electron chi connectivity index (χ2n) is 21.4. The molecule has 0 saturated heterocycles. The van der Waals surface area contributed by atoms with E-state index in [9.17, 15) is 5.11 Å². The van der Waals surface area contributed by atoms with Gasteiger partial charge in [0.05, 0.1) is 28.1 Å². The molecule has 0 bridgehead atoms. The summed E-state index contributed by atoms with van der Waals surface area (Å²) in [6.07, 6.45) is 1.94. The van der Waals surface area contributed by atoms with Crippen LogP contribution in [0.1, 0.15) is 79.0 Å². The number of benzene rings is 7. The fourth-order valence-electron chi connectivity index (χ4n) is 9.44. The molecule has 0 saturated carbocycles. The lowest BCUT2D eigenvalue weighted by atomic mass is 9.79. The maximum atomic E-state index is 11.3. The zero-order valence-electron chi connectivity index (χ0n) is 40.7. The highest BCUT2D eigenvalue weighted by Gasteiger charge is 2.23. The normalized spacial score (nSPS) is 12.2. The monoisotopic (exact) mass is 885 g/mol. The highest BCUT2D eigenvalue weighted by atomic mass is 16.3. The Labute approximate surface area is 401 Å². The quantitative estimate of drug-likeness (QED) is 0.173. The van der Waals surface area contributed by atoms with E-state index < -0.39 is 0 Å². The maximum absolute atomic E-state index is 11.3. The van der Waals surface area contributed by atoms with Crippen LogP contribution in [0.5, 0.6) is 5.75 Å². The number of hydrogen-bond acceptors (Lipinski definition) is 3. The molecule has 0 atom stereocenters. The summed E-state index contributed by atoms with van der Waals surface area (Å²) in [5.74, 6) is 0.192. The molecule has 0 amide bonds. The molecule has 0 unspecified atom stereocenters. The summed E-state index contributed by atoms with van der Waals surface area (Å²) in [6, 6.07) is 64.9. The summed E-state index contributed by atoms with van der Waals surface area (Å²) in [6.45, 7) is 20.4. The van der Waals surface area contributed by atoms with Crippen molar-refractivity contribution in [2.24, 2.45) is 0 Å². The predicted octanol–water partition coefficient (Wildman–Crippen LogP) is 17.2. The summed E-state index contributed by atoms with van der Waals surface area (Å²) in [4.78, 5) is 10.5. The highest BCUT2D eigenvalue weighted by molar-refractivity contribution is 6.13. The standard InChI is InChI=1S/C64H59N3O/c1-62(2,3)48-28-26-41(27-29-48)43-32-46(56-37-42(30-31-65-56)52-22-17-23-54-53-20-13-15-24-59(53)67(61(52)54)51-18-11-10-12-19-51)34-47(33-43)57-38-45(39-58(66-57)55-21-14-16-25-60(55)68)44-35-49(63(4,5)6)40-50(36-44)64(7,8)9/h10-40,68H,1-9H3. The molecule has 10 aromatic rings. The first-order valence-electron chi connectivity index (χ1n) is 23.8. The summed E-state index contributed by atoms with van der Waals surface area (Å²) in [7, 11) is 0. The van der Waals surface area contributed by atoms with Gasteiger partial charge in [-0.15, -0.1) is 0 Å². The van der Waals surface area contributed by atoms with Crippen molar-refractivity contribution < 1.29 is 5.11 Å². The van der Waals surface area contributed by atoms with Crippen molar-refractivity contribution in [3.63, 3.8) is 0 Å². The van der Waals surface area contributed by atoms with Crippen LogP contribution in [0.3, 0.4) is 0 Å². The summed E-state index contributed by atoms with van der Waals surface area (Å²) in [5, 5.41) is 13.7. The van der Waals surface area contributed by atoms with Crippen LogP contribution in [0.15, 0.2) is 188 Å². The van der Waals surface area contributed by atoms with Gasteiger partial charge in [0.2, 0.25) is 0 Å². The fourth-order valence-corrected chi connectivity index (χ4v) is 9.44. The Morgan fingerprint density at radius 3 is 1.62 bits per heavy atom. The minimum Gasteiger partial charge on any atom is -0.507 e. The van der Waals surface area contributed by atoms with Gasteiger partial charge in [0.25, 0.3) is 0 Å². The largest absolute Gasteiger partial charge is 0.507 e. The predicted molar refractivity (Wildman–Crippen MR) is 287 cm³/mol. The van der Waals surface area contributed by atoms with E-state index in [0.29, 0.717) is 11.3 Å². The minimum absolute atomic E-state index is 0.0197. The second-order valence-corrected chi connectivity index (χ2v) is 21.4. The fraction of sp³-hybridized carbons (Fsp3) is 0.188. The zero-order valence-corrected chi connectivity index (χ0v) is 40.7. The van der Waals surface area contributed by atoms with E-state index in [1.807, 2.05) is 24.4 Å². The van der Waals surface area contributed by atoms with Crippen LogP contribution in [-0.4, -0.2) is 19.6 Å². The number of rotatable bonds is 7. The van der Waals surface area contributed by atoms with Crippen LogP contribution in [0.25, 0.3) is 94.6 Å². The van der Waals surface area contributed by atoms with E-state index in [1.165, 1.54) is 33.0 Å². The van der Waals surface area contributed by atoms with Crippen LogP contribution < -0.4 is 0 Å². The van der Waals surface area contributed by atoms with Crippen molar-refractivity contribution in [3.05, 3.63) is 205 Å². The number of phenolic OH excluding ortho intramolecular Hbond substituents is 1. The van der Waals surface area contributed by atoms with Gasteiger partial charge in [-0.2, -0.15) is 0 Å². The maximum Gasteiger partial charge on any atom is 0.124 e. The van der Waals surface area contributed by atoms with Crippen LogP contribution in [0.2, 0.25) is 0 Å². The smallest absolute Gasteiger partial charge is 0.124 e. The van der Waals surface area contributed by atoms with Gasteiger partial charge in [0.1, 0.15) is 5.75 Å². The molecule has 336 valence electrons. The molecule has 0 fully saturated rings. The molecule has 0 spiro atoms. The molecular formula is C64H59N3O. The van der Waals surface area contributed by atoms with E-state index in [0.717, 1.165) is 67.1 Å². The molecule has 0 aliphatic carbocycles. The Morgan fingerprint density at radius 2 is 0.926 bits per heavy atom. The molecule has 68 heavy (non-hydrogen) atoms. The summed E-state index contributed by atoms with van der Waals surface area (Å²) >= 11 is 0. The van der Waals surface area contributed by atoms with Crippen LogP contribution in [-0.2, 0) is 16.2 Å². The van der Waals surface area contributed by atoms with Crippen molar-refractivity contribution in [2.45, 2.75) is 78.6 Å². The number of hydrogen-bond donors (Lipinski definition) is 1. The Morgan fingerprint density at radius 1 is 0.382 bits per heavy atom. The van der Waals surface area contributed by atoms with E-state index in [1.54, 1.807) is 6.07 Å². The topological polar surface area (TPSA) is 50.9 Å². The molecule has 10 rings (SSSR count). The minimum atomic E-state index is -0.0661. The number of nitrogens with zero attached hydrogens (tertiary/aromatic N) is 3. The molecule has 7 aromatic carbocycles. The number of pyridine rings is 2. The first-order valence-corrected chi connectivity index (χ1v) is 23.8. The average molecular weight is 886 g/mol. The van der Waals surface area contributed by atoms with Gasteiger partial charge >= 0.3 is 0 Å². The third kappa shape index (κ3) is 8.52. The van der Waals surface area contributed by atoms with Gasteiger partial charge in [-0.1, -0.05) is 172 Å². The molecule has 3 aromatic heterocycles. The van der Waals surface area contributed by atoms with E-state index >= 15 is 0 Å². The van der Waals surface area contributed by atoms with E-state index in [-0.39, 0.29) is 22.0 Å². The zero-order chi connectivity index (χ0) is 47.5. The second kappa shape index (κ2) is 16.9. The molecule has 0 radical (unpaired) electrons. The lowest BCUT2D eigenvalue weighted by molar-refractivity contribution is 0.477.